The van der Waals surface area contributed by atoms with Crippen LogP contribution in [0.15, 0.2) is 36.4 Å². The first-order chi connectivity index (χ1) is 8.11. The molecule has 0 aliphatic heterocycles. The maximum absolute atomic E-state index is 13.6. The Hall–Kier alpha value is -2.10. The van der Waals surface area contributed by atoms with Crippen LogP contribution in [0.1, 0.15) is 0 Å². The number of hydrogen-bond donors (Lipinski definition) is 1. The second-order valence-electron chi connectivity index (χ2n) is 3.59. The molecule has 0 radical (unpaired) electrons. The predicted octanol–water partition coefficient (Wildman–Crippen LogP) is 3.22. The highest BCUT2D eigenvalue weighted by atomic mass is 19.1. The van der Waals surface area contributed by atoms with E-state index in [1.165, 1.54) is 31.4 Å². The number of rotatable bonds is 2. The standard InChI is InChI=1S/C13H11F2NO/c1-17-13-5-2-8(6-12(13)15)10-4-3-9(16)7-11(10)14/h2-7H,16H2,1H3. The fourth-order valence-electron chi connectivity index (χ4n) is 1.60. The number of ether oxygens (including phenoxy) is 1. The smallest absolute Gasteiger partial charge is 0.165 e. The molecule has 0 bridgehead atoms. The zero-order valence-electron chi connectivity index (χ0n) is 9.21. The van der Waals surface area contributed by atoms with E-state index < -0.39 is 11.6 Å². The molecular weight excluding hydrogens is 224 g/mol. The van der Waals surface area contributed by atoms with Crippen LogP contribution in [0.4, 0.5) is 14.5 Å². The number of methoxy groups -OCH3 is 1. The van der Waals surface area contributed by atoms with E-state index in [-0.39, 0.29) is 5.75 Å². The van der Waals surface area contributed by atoms with Gasteiger partial charge < -0.3 is 10.5 Å². The highest BCUT2D eigenvalue weighted by Crippen LogP contribution is 2.28. The maximum atomic E-state index is 13.6. The third-order valence-electron chi connectivity index (χ3n) is 2.46. The molecule has 0 heterocycles. The first-order valence-electron chi connectivity index (χ1n) is 5.01. The lowest BCUT2D eigenvalue weighted by Crippen LogP contribution is -1.92. The van der Waals surface area contributed by atoms with Gasteiger partial charge in [0, 0.05) is 11.3 Å². The Bertz CT molecular complexity index is 555. The van der Waals surface area contributed by atoms with Crippen molar-refractivity contribution in [1.82, 2.24) is 0 Å². The van der Waals surface area contributed by atoms with Crippen molar-refractivity contribution in [1.29, 1.82) is 0 Å². The molecule has 2 rings (SSSR count). The largest absolute Gasteiger partial charge is 0.494 e. The van der Waals surface area contributed by atoms with Gasteiger partial charge in [0.1, 0.15) is 5.82 Å². The van der Waals surface area contributed by atoms with Crippen molar-refractivity contribution in [2.75, 3.05) is 12.8 Å². The molecule has 17 heavy (non-hydrogen) atoms. The quantitative estimate of drug-likeness (QED) is 0.811. The van der Waals surface area contributed by atoms with Crippen molar-refractivity contribution in [2.45, 2.75) is 0 Å². The summed E-state index contributed by atoms with van der Waals surface area (Å²) in [4.78, 5) is 0. The van der Waals surface area contributed by atoms with Crippen molar-refractivity contribution in [2.24, 2.45) is 0 Å². The lowest BCUT2D eigenvalue weighted by atomic mass is 10.0. The predicted molar refractivity (Wildman–Crippen MR) is 62.8 cm³/mol. The molecule has 0 fully saturated rings. The summed E-state index contributed by atoms with van der Waals surface area (Å²) in [5, 5.41) is 0. The molecule has 2 aromatic carbocycles. The zero-order chi connectivity index (χ0) is 12.4. The van der Waals surface area contributed by atoms with Gasteiger partial charge in [-0.25, -0.2) is 8.78 Å². The van der Waals surface area contributed by atoms with Crippen LogP contribution in [-0.4, -0.2) is 7.11 Å². The van der Waals surface area contributed by atoms with Crippen LogP contribution in [-0.2, 0) is 0 Å². The third kappa shape index (κ3) is 2.20. The summed E-state index contributed by atoms with van der Waals surface area (Å²) >= 11 is 0. The number of halogens is 2. The molecule has 0 aromatic heterocycles. The summed E-state index contributed by atoms with van der Waals surface area (Å²) in [5.41, 5.74) is 6.53. The van der Waals surface area contributed by atoms with Gasteiger partial charge >= 0.3 is 0 Å². The first-order valence-corrected chi connectivity index (χ1v) is 5.01. The Kier molecular flexibility index (Phi) is 2.95. The van der Waals surface area contributed by atoms with Crippen LogP contribution in [0, 0.1) is 11.6 Å². The van der Waals surface area contributed by atoms with E-state index in [9.17, 15) is 8.78 Å². The molecule has 0 amide bonds. The minimum absolute atomic E-state index is 0.129. The van der Waals surface area contributed by atoms with E-state index in [0.29, 0.717) is 16.8 Å². The SMILES string of the molecule is COc1ccc(-c2ccc(N)cc2F)cc1F. The highest BCUT2D eigenvalue weighted by Gasteiger charge is 2.09. The maximum Gasteiger partial charge on any atom is 0.165 e. The van der Waals surface area contributed by atoms with Crippen molar-refractivity contribution >= 4 is 5.69 Å². The van der Waals surface area contributed by atoms with Crippen molar-refractivity contribution in [3.8, 4) is 16.9 Å². The highest BCUT2D eigenvalue weighted by molar-refractivity contribution is 5.67. The van der Waals surface area contributed by atoms with Crippen molar-refractivity contribution in [3.63, 3.8) is 0 Å². The van der Waals surface area contributed by atoms with Gasteiger partial charge in [0.15, 0.2) is 11.6 Å². The molecule has 2 aromatic rings. The lowest BCUT2D eigenvalue weighted by Gasteiger charge is -2.07. The van der Waals surface area contributed by atoms with E-state index in [1.807, 2.05) is 0 Å². The second-order valence-corrected chi connectivity index (χ2v) is 3.59. The Morgan fingerprint density at radius 2 is 1.76 bits per heavy atom. The number of hydrogen-bond acceptors (Lipinski definition) is 2. The summed E-state index contributed by atoms with van der Waals surface area (Å²) in [6.07, 6.45) is 0. The van der Waals surface area contributed by atoms with Crippen molar-refractivity contribution in [3.05, 3.63) is 48.0 Å². The molecule has 0 spiro atoms. The Morgan fingerprint density at radius 1 is 1.00 bits per heavy atom. The Morgan fingerprint density at radius 3 is 2.35 bits per heavy atom. The molecule has 0 aliphatic carbocycles. The van der Waals surface area contributed by atoms with Crippen LogP contribution in [0.5, 0.6) is 5.75 Å². The number of nitrogens with two attached hydrogens (primary N) is 1. The topological polar surface area (TPSA) is 35.2 Å². The van der Waals surface area contributed by atoms with E-state index in [1.54, 1.807) is 12.1 Å². The summed E-state index contributed by atoms with van der Waals surface area (Å²) in [5.74, 6) is -0.875. The minimum Gasteiger partial charge on any atom is -0.494 e. The Labute approximate surface area is 97.6 Å². The van der Waals surface area contributed by atoms with Crippen molar-refractivity contribution < 1.29 is 13.5 Å². The van der Waals surface area contributed by atoms with Gasteiger partial charge in [0.25, 0.3) is 0 Å². The number of anilines is 1. The first kappa shape index (κ1) is 11.4. The van der Waals surface area contributed by atoms with E-state index in [0.717, 1.165) is 0 Å². The fourth-order valence-corrected chi connectivity index (χ4v) is 1.60. The molecule has 2 nitrogen and oxygen atoms in total. The normalized spacial score (nSPS) is 10.3. The van der Waals surface area contributed by atoms with Gasteiger partial charge in [-0.1, -0.05) is 6.07 Å². The molecule has 88 valence electrons. The molecule has 4 heteroatoms. The fraction of sp³-hybridized carbons (Fsp3) is 0.0769. The monoisotopic (exact) mass is 235 g/mol. The van der Waals surface area contributed by atoms with Crippen LogP contribution in [0.25, 0.3) is 11.1 Å². The Balaban J connectivity index is 2.50. The average molecular weight is 235 g/mol. The van der Waals surface area contributed by atoms with Gasteiger partial charge in [-0.2, -0.15) is 0 Å². The summed E-state index contributed by atoms with van der Waals surface area (Å²) < 4.78 is 31.9. The molecule has 0 aliphatic rings. The van der Waals surface area contributed by atoms with Gasteiger partial charge in [0.05, 0.1) is 7.11 Å². The molecule has 0 unspecified atom stereocenters. The van der Waals surface area contributed by atoms with E-state index in [2.05, 4.69) is 0 Å². The summed E-state index contributed by atoms with van der Waals surface area (Å²) in [7, 11) is 1.38. The summed E-state index contributed by atoms with van der Waals surface area (Å²) in [6, 6.07) is 8.58. The molecule has 2 N–H and O–H groups in total. The minimum atomic E-state index is -0.527. The molecule has 0 saturated heterocycles. The van der Waals surface area contributed by atoms with Crippen LogP contribution in [0.2, 0.25) is 0 Å². The van der Waals surface area contributed by atoms with Crippen LogP contribution < -0.4 is 10.5 Å². The zero-order valence-corrected chi connectivity index (χ0v) is 9.21. The van der Waals surface area contributed by atoms with Crippen LogP contribution in [0.3, 0.4) is 0 Å². The molecule has 0 saturated carbocycles. The second kappa shape index (κ2) is 4.41. The third-order valence-corrected chi connectivity index (χ3v) is 2.46. The van der Waals surface area contributed by atoms with Gasteiger partial charge in [-0.05, 0) is 35.9 Å². The van der Waals surface area contributed by atoms with Gasteiger partial charge in [-0.3, -0.25) is 0 Å². The van der Waals surface area contributed by atoms with E-state index in [4.69, 9.17) is 10.5 Å². The van der Waals surface area contributed by atoms with E-state index >= 15 is 0 Å². The number of nitrogen functional groups attached to an aromatic ring is 1. The van der Waals surface area contributed by atoms with Gasteiger partial charge in [0.2, 0.25) is 0 Å². The van der Waals surface area contributed by atoms with Crippen LogP contribution >= 0.6 is 0 Å². The summed E-state index contributed by atoms with van der Waals surface area (Å²) in [6.45, 7) is 0. The molecule has 0 atom stereocenters. The number of benzene rings is 2. The van der Waals surface area contributed by atoms with Gasteiger partial charge in [-0.15, -0.1) is 0 Å². The average Bonchev–Trinajstić information content (AvgIpc) is 2.29. The molecular formula is C13H11F2NO. The lowest BCUT2D eigenvalue weighted by molar-refractivity contribution is 0.386.